The fourth-order valence-electron chi connectivity index (χ4n) is 1.64. The van der Waals surface area contributed by atoms with Crippen molar-refractivity contribution < 1.29 is 9.66 Å². The lowest BCUT2D eigenvalue weighted by atomic mass is 10.1. The van der Waals surface area contributed by atoms with Gasteiger partial charge < -0.3 is 4.74 Å². The number of rotatable bonds is 4. The van der Waals surface area contributed by atoms with Gasteiger partial charge in [0.15, 0.2) is 0 Å². The summed E-state index contributed by atoms with van der Waals surface area (Å²) < 4.78 is 5.14. The molecule has 4 heteroatoms. The van der Waals surface area contributed by atoms with Crippen LogP contribution in [0, 0.1) is 10.1 Å². The molecule has 0 aliphatic rings. The van der Waals surface area contributed by atoms with Gasteiger partial charge in [-0.15, -0.1) is 0 Å². The van der Waals surface area contributed by atoms with Gasteiger partial charge in [-0.05, 0) is 35.4 Å². The van der Waals surface area contributed by atoms with Crippen molar-refractivity contribution in [2.45, 2.75) is 0 Å². The first-order chi connectivity index (χ1) is 9.19. The summed E-state index contributed by atoms with van der Waals surface area (Å²) in [5.74, 6) is 0.797. The number of hydrogen-bond donors (Lipinski definition) is 0. The Bertz CT molecular complexity index is 603. The number of hydrogen-bond acceptors (Lipinski definition) is 3. The number of nitro benzene ring substituents is 1. The van der Waals surface area contributed by atoms with E-state index in [-0.39, 0.29) is 5.69 Å². The zero-order valence-electron chi connectivity index (χ0n) is 10.4. The Labute approximate surface area is 111 Å². The van der Waals surface area contributed by atoms with Gasteiger partial charge in [-0.2, -0.15) is 0 Å². The summed E-state index contributed by atoms with van der Waals surface area (Å²) >= 11 is 0. The van der Waals surface area contributed by atoms with Gasteiger partial charge in [-0.1, -0.05) is 24.3 Å². The molecule has 0 N–H and O–H groups in total. The zero-order chi connectivity index (χ0) is 13.7. The molecule has 0 radical (unpaired) electrons. The molecule has 0 saturated heterocycles. The minimum atomic E-state index is -0.407. The van der Waals surface area contributed by atoms with Crippen LogP contribution in [0.2, 0.25) is 0 Å². The minimum Gasteiger partial charge on any atom is -0.497 e. The third-order valence-electron chi connectivity index (χ3n) is 2.67. The lowest BCUT2D eigenvalue weighted by Crippen LogP contribution is -1.86. The molecule has 0 aromatic heterocycles. The quantitative estimate of drug-likeness (QED) is 0.474. The van der Waals surface area contributed by atoms with Crippen LogP contribution in [0.15, 0.2) is 48.5 Å². The average Bonchev–Trinajstić information content (AvgIpc) is 2.46. The smallest absolute Gasteiger partial charge is 0.269 e. The highest BCUT2D eigenvalue weighted by Crippen LogP contribution is 2.17. The van der Waals surface area contributed by atoms with E-state index in [1.54, 1.807) is 19.2 Å². The first-order valence-corrected chi connectivity index (χ1v) is 5.75. The van der Waals surface area contributed by atoms with Crippen molar-refractivity contribution in [2.75, 3.05) is 7.11 Å². The molecule has 4 nitrogen and oxygen atoms in total. The molecular weight excluding hydrogens is 242 g/mol. The Balaban J connectivity index is 2.15. The Kier molecular flexibility index (Phi) is 3.93. The number of methoxy groups -OCH3 is 1. The molecule has 2 aromatic carbocycles. The van der Waals surface area contributed by atoms with Crippen molar-refractivity contribution in [3.8, 4) is 5.75 Å². The lowest BCUT2D eigenvalue weighted by Gasteiger charge is -2.00. The summed E-state index contributed by atoms with van der Waals surface area (Å²) in [6, 6.07) is 14.1. The van der Waals surface area contributed by atoms with Crippen LogP contribution in [0.3, 0.4) is 0 Å². The van der Waals surface area contributed by atoms with Gasteiger partial charge in [-0.3, -0.25) is 10.1 Å². The van der Waals surface area contributed by atoms with Crippen molar-refractivity contribution >= 4 is 17.8 Å². The van der Waals surface area contributed by atoms with Crippen LogP contribution in [-0.4, -0.2) is 12.0 Å². The maximum absolute atomic E-state index is 10.5. The molecule has 0 heterocycles. The van der Waals surface area contributed by atoms with E-state index < -0.39 is 4.92 Å². The third kappa shape index (κ3) is 3.42. The molecule has 0 atom stereocenters. The molecule has 0 spiro atoms. The molecule has 0 unspecified atom stereocenters. The predicted molar refractivity (Wildman–Crippen MR) is 75.0 cm³/mol. The molecule has 0 aliphatic carbocycles. The van der Waals surface area contributed by atoms with Crippen LogP contribution >= 0.6 is 0 Å². The number of nitro groups is 1. The highest BCUT2D eigenvalue weighted by Gasteiger charge is 2.02. The zero-order valence-corrected chi connectivity index (χ0v) is 10.4. The summed E-state index contributed by atoms with van der Waals surface area (Å²) in [7, 11) is 1.62. The maximum atomic E-state index is 10.5. The van der Waals surface area contributed by atoms with Crippen LogP contribution < -0.4 is 4.74 Å². The van der Waals surface area contributed by atoms with E-state index in [1.165, 1.54) is 12.1 Å². The highest BCUT2D eigenvalue weighted by atomic mass is 16.6. The van der Waals surface area contributed by atoms with E-state index in [9.17, 15) is 10.1 Å². The van der Waals surface area contributed by atoms with E-state index in [4.69, 9.17) is 4.74 Å². The van der Waals surface area contributed by atoms with Crippen molar-refractivity contribution in [1.29, 1.82) is 0 Å². The first-order valence-electron chi connectivity index (χ1n) is 5.75. The van der Waals surface area contributed by atoms with Gasteiger partial charge in [0, 0.05) is 12.1 Å². The Morgan fingerprint density at radius 1 is 1.05 bits per heavy atom. The second-order valence-corrected chi connectivity index (χ2v) is 3.96. The number of benzene rings is 2. The first kappa shape index (κ1) is 12.8. The molecule has 0 saturated carbocycles. The van der Waals surface area contributed by atoms with Gasteiger partial charge >= 0.3 is 0 Å². The van der Waals surface area contributed by atoms with E-state index in [0.29, 0.717) is 0 Å². The second-order valence-electron chi connectivity index (χ2n) is 3.96. The van der Waals surface area contributed by atoms with Crippen LogP contribution in [0.1, 0.15) is 11.1 Å². The fraction of sp³-hybridized carbons (Fsp3) is 0.0667. The fourth-order valence-corrected chi connectivity index (χ4v) is 1.64. The number of ether oxygens (including phenoxy) is 1. The standard InChI is InChI=1S/C15H13NO3/c1-19-15-4-2-3-13(11-15)6-5-12-7-9-14(10-8-12)16(17)18/h2-11H,1H3/b6-5+. The molecule has 0 aliphatic heterocycles. The monoisotopic (exact) mass is 255 g/mol. The summed E-state index contributed by atoms with van der Waals surface area (Å²) in [5, 5.41) is 10.5. The van der Waals surface area contributed by atoms with Crippen LogP contribution in [0.4, 0.5) is 5.69 Å². The summed E-state index contributed by atoms with van der Waals surface area (Å²) in [6.07, 6.45) is 3.84. The van der Waals surface area contributed by atoms with Gasteiger partial charge in [0.2, 0.25) is 0 Å². The van der Waals surface area contributed by atoms with Crippen molar-refractivity contribution in [3.63, 3.8) is 0 Å². The Hall–Kier alpha value is -2.62. The molecule has 0 bridgehead atoms. The van der Waals surface area contributed by atoms with Gasteiger partial charge in [-0.25, -0.2) is 0 Å². The van der Waals surface area contributed by atoms with E-state index in [0.717, 1.165) is 16.9 Å². The van der Waals surface area contributed by atoms with Crippen molar-refractivity contribution in [3.05, 3.63) is 69.8 Å². The second kappa shape index (κ2) is 5.82. The summed E-state index contributed by atoms with van der Waals surface area (Å²) in [4.78, 5) is 10.1. The maximum Gasteiger partial charge on any atom is 0.269 e. The Morgan fingerprint density at radius 2 is 1.74 bits per heavy atom. The molecule has 0 amide bonds. The van der Waals surface area contributed by atoms with E-state index >= 15 is 0 Å². The summed E-state index contributed by atoms with van der Waals surface area (Å²) in [5.41, 5.74) is 2.02. The normalized spacial score (nSPS) is 10.6. The molecule has 19 heavy (non-hydrogen) atoms. The lowest BCUT2D eigenvalue weighted by molar-refractivity contribution is -0.384. The van der Waals surface area contributed by atoms with E-state index in [2.05, 4.69) is 0 Å². The average molecular weight is 255 g/mol. The highest BCUT2D eigenvalue weighted by molar-refractivity contribution is 5.70. The van der Waals surface area contributed by atoms with Gasteiger partial charge in [0.25, 0.3) is 5.69 Å². The molecule has 96 valence electrons. The molecule has 0 fully saturated rings. The van der Waals surface area contributed by atoms with Crippen LogP contribution in [0.25, 0.3) is 12.2 Å². The minimum absolute atomic E-state index is 0.0959. The van der Waals surface area contributed by atoms with E-state index in [1.807, 2.05) is 36.4 Å². The molecule has 2 aromatic rings. The van der Waals surface area contributed by atoms with Crippen molar-refractivity contribution in [1.82, 2.24) is 0 Å². The van der Waals surface area contributed by atoms with Crippen molar-refractivity contribution in [2.24, 2.45) is 0 Å². The Morgan fingerprint density at radius 3 is 2.37 bits per heavy atom. The summed E-state index contributed by atoms with van der Waals surface area (Å²) in [6.45, 7) is 0. The van der Waals surface area contributed by atoms with Gasteiger partial charge in [0.1, 0.15) is 5.75 Å². The van der Waals surface area contributed by atoms with Crippen LogP contribution in [0.5, 0.6) is 5.75 Å². The topological polar surface area (TPSA) is 52.4 Å². The number of non-ortho nitro benzene ring substituents is 1. The predicted octanol–water partition coefficient (Wildman–Crippen LogP) is 3.77. The SMILES string of the molecule is COc1cccc(/C=C/c2ccc([N+](=O)[O-])cc2)c1. The van der Waals surface area contributed by atoms with Crippen LogP contribution in [-0.2, 0) is 0 Å². The third-order valence-corrected chi connectivity index (χ3v) is 2.67. The number of nitrogens with zero attached hydrogens (tertiary/aromatic N) is 1. The molecular formula is C15H13NO3. The molecule has 2 rings (SSSR count). The largest absolute Gasteiger partial charge is 0.497 e. The van der Waals surface area contributed by atoms with Gasteiger partial charge in [0.05, 0.1) is 12.0 Å².